The monoisotopic (exact) mass is 260 g/mol. The molecule has 0 atom stereocenters. The molecule has 100 valence electrons. The first-order valence-electron chi connectivity index (χ1n) is 5.94. The molecule has 0 heterocycles. The number of carboxylic acids is 1. The number of benzene rings is 1. The standard InChI is InChI=1S/C15H16O4/c1-4-19-13(16)7-5-6-12-8-10(2)14(15(17)18)11(3)9-12/h8-9H,4,7H2,1-3H3,(H,17,18). The molecular formula is C15H16O4. The van der Waals surface area contributed by atoms with E-state index in [0.29, 0.717) is 28.9 Å². The highest BCUT2D eigenvalue weighted by Gasteiger charge is 2.11. The Hall–Kier alpha value is -2.28. The predicted octanol–water partition coefficient (Wildman–Crippen LogP) is 2.31. The number of carbonyl (C=O) groups excluding carboxylic acids is 1. The van der Waals surface area contributed by atoms with Crippen LogP contribution in [0.2, 0.25) is 0 Å². The summed E-state index contributed by atoms with van der Waals surface area (Å²) in [6.07, 6.45) is 0.0343. The summed E-state index contributed by atoms with van der Waals surface area (Å²) in [6, 6.07) is 3.41. The average molecular weight is 260 g/mol. The second kappa shape index (κ2) is 6.60. The van der Waals surface area contributed by atoms with Crippen molar-refractivity contribution in [2.75, 3.05) is 6.61 Å². The van der Waals surface area contributed by atoms with Crippen LogP contribution in [-0.4, -0.2) is 23.7 Å². The van der Waals surface area contributed by atoms with Crippen molar-refractivity contribution in [1.29, 1.82) is 0 Å². The molecule has 0 aliphatic heterocycles. The Morgan fingerprint density at radius 2 is 1.84 bits per heavy atom. The quantitative estimate of drug-likeness (QED) is 0.669. The van der Waals surface area contributed by atoms with Crippen LogP contribution in [-0.2, 0) is 9.53 Å². The highest BCUT2D eigenvalue weighted by atomic mass is 16.5. The molecule has 0 aromatic heterocycles. The van der Waals surface area contributed by atoms with Crippen LogP contribution in [0.15, 0.2) is 12.1 Å². The topological polar surface area (TPSA) is 63.6 Å². The highest BCUT2D eigenvalue weighted by molar-refractivity contribution is 5.91. The van der Waals surface area contributed by atoms with Crippen molar-refractivity contribution in [2.45, 2.75) is 27.2 Å². The second-order valence-electron chi connectivity index (χ2n) is 4.07. The summed E-state index contributed by atoms with van der Waals surface area (Å²) in [5.74, 6) is 4.26. The number of carboxylic acid groups (broad SMARTS) is 1. The van der Waals surface area contributed by atoms with Crippen LogP contribution < -0.4 is 0 Å². The zero-order chi connectivity index (χ0) is 14.4. The Bertz CT molecular complexity index is 538. The van der Waals surface area contributed by atoms with Gasteiger partial charge in [0.15, 0.2) is 0 Å². The number of carbonyl (C=O) groups is 2. The fourth-order valence-electron chi connectivity index (χ4n) is 1.80. The van der Waals surface area contributed by atoms with Gasteiger partial charge in [-0.1, -0.05) is 11.8 Å². The molecule has 0 saturated heterocycles. The SMILES string of the molecule is CCOC(=O)CC#Cc1cc(C)c(C(=O)O)c(C)c1. The van der Waals surface area contributed by atoms with Crippen LogP contribution in [0.25, 0.3) is 0 Å². The molecule has 0 radical (unpaired) electrons. The first-order chi connectivity index (χ1) is 8.95. The Morgan fingerprint density at radius 3 is 2.32 bits per heavy atom. The number of ether oxygens (including phenoxy) is 1. The average Bonchev–Trinajstić information content (AvgIpc) is 2.27. The fraction of sp³-hybridized carbons (Fsp3) is 0.333. The van der Waals surface area contributed by atoms with Crippen molar-refractivity contribution < 1.29 is 19.4 Å². The zero-order valence-electron chi connectivity index (χ0n) is 11.2. The molecule has 1 N–H and O–H groups in total. The van der Waals surface area contributed by atoms with E-state index in [1.165, 1.54) is 0 Å². The summed E-state index contributed by atoms with van der Waals surface area (Å²) in [6.45, 7) is 5.54. The van der Waals surface area contributed by atoms with E-state index in [4.69, 9.17) is 9.84 Å². The van der Waals surface area contributed by atoms with Gasteiger partial charge in [-0.25, -0.2) is 4.79 Å². The molecule has 19 heavy (non-hydrogen) atoms. The Morgan fingerprint density at radius 1 is 1.26 bits per heavy atom. The van der Waals surface area contributed by atoms with E-state index in [0.717, 1.165) is 0 Å². The molecule has 0 spiro atoms. The molecule has 0 saturated carbocycles. The summed E-state index contributed by atoms with van der Waals surface area (Å²) < 4.78 is 4.76. The largest absolute Gasteiger partial charge is 0.478 e. The maximum atomic E-state index is 11.1. The fourth-order valence-corrected chi connectivity index (χ4v) is 1.80. The van der Waals surface area contributed by atoms with Crippen LogP contribution in [0.1, 0.15) is 40.4 Å². The molecule has 0 unspecified atom stereocenters. The van der Waals surface area contributed by atoms with Crippen molar-refractivity contribution >= 4 is 11.9 Å². The molecule has 4 nitrogen and oxygen atoms in total. The van der Waals surface area contributed by atoms with Gasteiger partial charge in [0, 0.05) is 5.56 Å². The maximum Gasteiger partial charge on any atom is 0.336 e. The molecule has 1 aromatic carbocycles. The number of hydrogen-bond donors (Lipinski definition) is 1. The van der Waals surface area contributed by atoms with Crippen molar-refractivity contribution in [3.8, 4) is 11.8 Å². The van der Waals surface area contributed by atoms with E-state index >= 15 is 0 Å². The number of aromatic carboxylic acids is 1. The molecule has 1 aromatic rings. The van der Waals surface area contributed by atoms with E-state index in [9.17, 15) is 9.59 Å². The van der Waals surface area contributed by atoms with Crippen molar-refractivity contribution in [3.05, 3.63) is 34.4 Å². The maximum absolute atomic E-state index is 11.1. The smallest absolute Gasteiger partial charge is 0.336 e. The number of rotatable bonds is 3. The van der Waals surface area contributed by atoms with Crippen LogP contribution in [0.3, 0.4) is 0 Å². The predicted molar refractivity (Wildman–Crippen MR) is 71.0 cm³/mol. The lowest BCUT2D eigenvalue weighted by Gasteiger charge is -2.05. The molecule has 1 rings (SSSR count). The minimum atomic E-state index is -0.943. The van der Waals surface area contributed by atoms with Gasteiger partial charge < -0.3 is 9.84 Å². The normalized spacial score (nSPS) is 9.42. The second-order valence-corrected chi connectivity index (χ2v) is 4.07. The molecular weight excluding hydrogens is 244 g/mol. The van der Waals surface area contributed by atoms with E-state index in [2.05, 4.69) is 11.8 Å². The van der Waals surface area contributed by atoms with Crippen LogP contribution >= 0.6 is 0 Å². The van der Waals surface area contributed by atoms with Gasteiger partial charge in [0.1, 0.15) is 6.42 Å². The molecule has 0 bridgehead atoms. The number of aryl methyl sites for hydroxylation is 2. The van der Waals surface area contributed by atoms with Crippen LogP contribution in [0.5, 0.6) is 0 Å². The Balaban J connectivity index is 2.90. The van der Waals surface area contributed by atoms with Gasteiger partial charge in [-0.2, -0.15) is 0 Å². The highest BCUT2D eigenvalue weighted by Crippen LogP contribution is 2.16. The van der Waals surface area contributed by atoms with Gasteiger partial charge in [0.2, 0.25) is 0 Å². The van der Waals surface area contributed by atoms with E-state index < -0.39 is 5.97 Å². The lowest BCUT2D eigenvalue weighted by Crippen LogP contribution is -2.03. The zero-order valence-corrected chi connectivity index (χ0v) is 11.2. The third-order valence-corrected chi connectivity index (χ3v) is 2.52. The number of esters is 1. The Labute approximate surface area is 112 Å². The third kappa shape index (κ3) is 4.14. The lowest BCUT2D eigenvalue weighted by molar-refractivity contribution is -0.141. The third-order valence-electron chi connectivity index (χ3n) is 2.52. The molecule has 0 fully saturated rings. The lowest BCUT2D eigenvalue weighted by atomic mass is 9.99. The van der Waals surface area contributed by atoms with Gasteiger partial charge in [0.05, 0.1) is 12.2 Å². The molecule has 4 heteroatoms. The van der Waals surface area contributed by atoms with Crippen LogP contribution in [0, 0.1) is 25.7 Å². The molecule has 0 aliphatic rings. The van der Waals surface area contributed by atoms with Crippen molar-refractivity contribution in [2.24, 2.45) is 0 Å². The van der Waals surface area contributed by atoms with Gasteiger partial charge in [0.25, 0.3) is 0 Å². The summed E-state index contributed by atoms with van der Waals surface area (Å²) in [5.41, 5.74) is 2.32. The minimum absolute atomic E-state index is 0.0343. The summed E-state index contributed by atoms with van der Waals surface area (Å²) >= 11 is 0. The van der Waals surface area contributed by atoms with Gasteiger partial charge >= 0.3 is 11.9 Å². The first-order valence-corrected chi connectivity index (χ1v) is 5.94. The Kier molecular flexibility index (Phi) is 5.13. The van der Waals surface area contributed by atoms with Crippen LogP contribution in [0.4, 0.5) is 0 Å². The van der Waals surface area contributed by atoms with Gasteiger partial charge in [-0.15, -0.1) is 0 Å². The molecule has 0 aliphatic carbocycles. The first kappa shape index (κ1) is 14.8. The van der Waals surface area contributed by atoms with E-state index in [1.807, 2.05) is 0 Å². The summed E-state index contributed by atoms with van der Waals surface area (Å²) in [7, 11) is 0. The van der Waals surface area contributed by atoms with Crippen molar-refractivity contribution in [1.82, 2.24) is 0 Å². The van der Waals surface area contributed by atoms with E-state index in [-0.39, 0.29) is 12.4 Å². The summed E-state index contributed by atoms with van der Waals surface area (Å²) in [5, 5.41) is 9.05. The van der Waals surface area contributed by atoms with Crippen molar-refractivity contribution in [3.63, 3.8) is 0 Å². The van der Waals surface area contributed by atoms with Gasteiger partial charge in [-0.05, 0) is 44.0 Å². The number of hydrogen-bond acceptors (Lipinski definition) is 3. The van der Waals surface area contributed by atoms with E-state index in [1.54, 1.807) is 32.9 Å². The minimum Gasteiger partial charge on any atom is -0.478 e. The van der Waals surface area contributed by atoms with Gasteiger partial charge in [-0.3, -0.25) is 4.79 Å². The summed E-state index contributed by atoms with van der Waals surface area (Å²) in [4.78, 5) is 22.1. The molecule has 0 amide bonds.